The average Bonchev–Trinajstić information content (AvgIpc) is 2.61. The number of nitrogens with zero attached hydrogens (tertiary/aromatic N) is 1. The second-order valence-corrected chi connectivity index (χ2v) is 4.39. The van der Waals surface area contributed by atoms with Crippen molar-refractivity contribution in [3.05, 3.63) is 66.2 Å². The van der Waals surface area contributed by atoms with Crippen LogP contribution < -0.4 is 4.74 Å². The summed E-state index contributed by atoms with van der Waals surface area (Å²) in [6.07, 6.45) is 4.59. The van der Waals surface area contributed by atoms with E-state index < -0.39 is 0 Å². The number of aliphatic imine (C=N–C) groups is 1. The number of hydrogen-bond acceptors (Lipinski definition) is 2. The largest absolute Gasteiger partial charge is 0.488 e. The van der Waals surface area contributed by atoms with Crippen molar-refractivity contribution in [3.8, 4) is 5.75 Å². The summed E-state index contributed by atoms with van der Waals surface area (Å²) < 4.78 is 5.67. The molecule has 0 spiro atoms. The van der Waals surface area contributed by atoms with E-state index >= 15 is 0 Å². The molecule has 0 radical (unpaired) electrons. The van der Waals surface area contributed by atoms with Gasteiger partial charge in [-0.2, -0.15) is 0 Å². The fourth-order valence-corrected chi connectivity index (χ4v) is 1.90. The minimum Gasteiger partial charge on any atom is -0.488 e. The molecule has 0 aliphatic heterocycles. The lowest BCUT2D eigenvalue weighted by Crippen LogP contribution is -1.98. The lowest BCUT2D eigenvalue weighted by atomic mass is 10.2. The van der Waals surface area contributed by atoms with Crippen molar-refractivity contribution >= 4 is 18.0 Å². The zero-order valence-corrected chi connectivity index (χ0v) is 13.8. The first-order valence-corrected chi connectivity index (χ1v) is 7.79. The van der Waals surface area contributed by atoms with Crippen LogP contribution >= 0.6 is 0 Å². The van der Waals surface area contributed by atoms with Gasteiger partial charge in [0.25, 0.3) is 0 Å². The molecule has 0 saturated heterocycles. The number of para-hydroxylation sites is 1. The monoisotopic (exact) mass is 295 g/mol. The molecule has 2 aromatic rings. The Balaban J connectivity index is 0.00000116. The third-order valence-electron chi connectivity index (χ3n) is 3.02. The first-order valence-electron chi connectivity index (χ1n) is 7.79. The molecule has 0 N–H and O–H groups in total. The predicted octanol–water partition coefficient (Wildman–Crippen LogP) is 5.70. The van der Waals surface area contributed by atoms with Crippen molar-refractivity contribution in [2.75, 3.05) is 6.61 Å². The molecule has 0 saturated carbocycles. The van der Waals surface area contributed by atoms with Crippen LogP contribution in [-0.4, -0.2) is 12.8 Å². The van der Waals surface area contributed by atoms with E-state index in [1.807, 2.05) is 50.2 Å². The highest BCUT2D eigenvalue weighted by molar-refractivity contribution is 5.70. The molecular weight excluding hydrogens is 270 g/mol. The van der Waals surface area contributed by atoms with E-state index in [9.17, 15) is 0 Å². The smallest absolute Gasteiger partial charge is 0.123 e. The Hall–Kier alpha value is -2.35. The van der Waals surface area contributed by atoms with Crippen molar-refractivity contribution in [1.29, 1.82) is 0 Å². The lowest BCUT2D eigenvalue weighted by molar-refractivity contribution is 0.380. The molecule has 116 valence electrons. The van der Waals surface area contributed by atoms with Gasteiger partial charge in [-0.1, -0.05) is 63.8 Å². The van der Waals surface area contributed by atoms with Gasteiger partial charge in [0.05, 0.1) is 5.69 Å². The number of ether oxygens (including phenoxy) is 1. The zero-order chi connectivity index (χ0) is 16.2. The second-order valence-electron chi connectivity index (χ2n) is 4.39. The van der Waals surface area contributed by atoms with Crippen LogP contribution in [0.2, 0.25) is 0 Å². The predicted molar refractivity (Wildman–Crippen MR) is 97.3 cm³/mol. The summed E-state index contributed by atoms with van der Waals surface area (Å²) >= 11 is 0. The van der Waals surface area contributed by atoms with Gasteiger partial charge in [-0.05, 0) is 35.7 Å². The summed E-state index contributed by atoms with van der Waals surface area (Å²) in [7, 11) is 0. The molecule has 0 heterocycles. The highest BCUT2D eigenvalue weighted by Gasteiger charge is 1.95. The van der Waals surface area contributed by atoms with Crippen molar-refractivity contribution in [2.45, 2.75) is 27.2 Å². The van der Waals surface area contributed by atoms with Crippen molar-refractivity contribution in [1.82, 2.24) is 0 Å². The number of hydrogen-bond donors (Lipinski definition) is 0. The molecule has 22 heavy (non-hydrogen) atoms. The van der Waals surface area contributed by atoms with Crippen LogP contribution in [0.15, 0.2) is 60.1 Å². The summed E-state index contributed by atoms with van der Waals surface area (Å²) in [6.45, 7) is 10.4. The summed E-state index contributed by atoms with van der Waals surface area (Å²) in [5.41, 5.74) is 3.21. The first-order chi connectivity index (χ1) is 10.8. The van der Waals surface area contributed by atoms with Crippen LogP contribution in [-0.2, 0) is 6.42 Å². The molecule has 2 aromatic carbocycles. The van der Waals surface area contributed by atoms with Crippen LogP contribution in [0.5, 0.6) is 5.75 Å². The maximum atomic E-state index is 5.67. The maximum Gasteiger partial charge on any atom is 0.123 e. The molecule has 0 aromatic heterocycles. The Labute approximate surface area is 134 Å². The lowest BCUT2D eigenvalue weighted by Gasteiger charge is -2.04. The number of benzene rings is 2. The van der Waals surface area contributed by atoms with Crippen molar-refractivity contribution < 1.29 is 4.74 Å². The average molecular weight is 295 g/mol. The van der Waals surface area contributed by atoms with Gasteiger partial charge >= 0.3 is 0 Å². The fourth-order valence-electron chi connectivity index (χ4n) is 1.90. The van der Waals surface area contributed by atoms with E-state index in [2.05, 4.69) is 30.6 Å². The van der Waals surface area contributed by atoms with Gasteiger partial charge in [0.15, 0.2) is 0 Å². The molecule has 2 nitrogen and oxygen atoms in total. The van der Waals surface area contributed by atoms with Crippen LogP contribution in [0.1, 0.15) is 31.9 Å². The van der Waals surface area contributed by atoms with Crippen molar-refractivity contribution in [2.24, 2.45) is 4.99 Å². The van der Waals surface area contributed by atoms with E-state index in [0.717, 1.165) is 23.4 Å². The van der Waals surface area contributed by atoms with Gasteiger partial charge in [-0.3, -0.25) is 4.99 Å². The van der Waals surface area contributed by atoms with Gasteiger partial charge in [-0.15, -0.1) is 0 Å². The Morgan fingerprint density at radius 2 is 1.86 bits per heavy atom. The van der Waals surface area contributed by atoms with E-state index in [0.29, 0.717) is 6.61 Å². The van der Waals surface area contributed by atoms with Crippen molar-refractivity contribution in [3.63, 3.8) is 0 Å². The summed E-state index contributed by atoms with van der Waals surface area (Å²) in [4.78, 5) is 4.41. The molecule has 0 aliphatic carbocycles. The minimum absolute atomic E-state index is 0.457. The Morgan fingerprint density at radius 3 is 2.59 bits per heavy atom. The van der Waals surface area contributed by atoms with Gasteiger partial charge in [0.2, 0.25) is 0 Å². The third kappa shape index (κ3) is 5.57. The molecule has 0 bridgehead atoms. The third-order valence-corrected chi connectivity index (χ3v) is 3.02. The summed E-state index contributed by atoms with van der Waals surface area (Å²) in [5, 5.41) is 0. The number of rotatable bonds is 6. The molecule has 2 heteroatoms. The second kappa shape index (κ2) is 10.4. The molecule has 0 aliphatic rings. The van der Waals surface area contributed by atoms with Crippen LogP contribution in [0.4, 0.5) is 5.69 Å². The van der Waals surface area contributed by atoms with Gasteiger partial charge in [-0.25, -0.2) is 0 Å². The Morgan fingerprint density at radius 1 is 1.09 bits per heavy atom. The summed E-state index contributed by atoms with van der Waals surface area (Å²) in [6, 6.07) is 16.0. The fraction of sp³-hybridized carbons (Fsp3) is 0.250. The molecule has 0 atom stereocenters. The zero-order valence-electron chi connectivity index (χ0n) is 13.8. The molecule has 0 amide bonds. The standard InChI is InChI=1S/C18H19NO.C2H6/c1-3-15-8-7-10-17(14-15)20-13-12-19-18-11-6-5-9-16(18)4-2;1-2/h4-12,14H,2-3,13H2,1H3;1-2H3. The first kappa shape index (κ1) is 17.7. The van der Waals surface area contributed by atoms with E-state index in [4.69, 9.17) is 4.74 Å². The van der Waals surface area contributed by atoms with Crippen LogP contribution in [0, 0.1) is 0 Å². The van der Waals surface area contributed by atoms with Gasteiger partial charge < -0.3 is 4.74 Å². The Kier molecular flexibility index (Phi) is 8.36. The quantitative estimate of drug-likeness (QED) is 0.626. The minimum atomic E-state index is 0.457. The highest BCUT2D eigenvalue weighted by Crippen LogP contribution is 2.19. The molecule has 2 rings (SSSR count). The molecule has 0 fully saturated rings. The topological polar surface area (TPSA) is 21.6 Å². The van der Waals surface area contributed by atoms with Crippen LogP contribution in [0.25, 0.3) is 6.08 Å². The molecule has 0 unspecified atom stereocenters. The van der Waals surface area contributed by atoms with Gasteiger partial charge in [0, 0.05) is 6.21 Å². The highest BCUT2D eigenvalue weighted by atomic mass is 16.5. The SMILES string of the molecule is C=Cc1ccccc1N=CCOc1cccc(CC)c1.CC. The van der Waals surface area contributed by atoms with Crippen LogP contribution in [0.3, 0.4) is 0 Å². The van der Waals surface area contributed by atoms with E-state index in [1.165, 1.54) is 5.56 Å². The normalized spacial score (nSPS) is 9.95. The summed E-state index contributed by atoms with van der Waals surface area (Å²) in [5.74, 6) is 0.882. The number of aryl methyl sites for hydroxylation is 1. The van der Waals surface area contributed by atoms with E-state index in [-0.39, 0.29) is 0 Å². The van der Waals surface area contributed by atoms with E-state index in [1.54, 1.807) is 12.3 Å². The Bertz CT molecular complexity index is 602. The molecular formula is C20H25NO. The maximum absolute atomic E-state index is 5.67. The van der Waals surface area contributed by atoms with Gasteiger partial charge in [0.1, 0.15) is 12.4 Å².